The molecule has 1 atom stereocenters. The molecule has 21 heavy (non-hydrogen) atoms. The van der Waals surface area contributed by atoms with Crippen LogP contribution in [-0.2, 0) is 0 Å². The van der Waals surface area contributed by atoms with Crippen LogP contribution in [-0.4, -0.2) is 13.2 Å². The van der Waals surface area contributed by atoms with E-state index in [4.69, 9.17) is 9.47 Å². The van der Waals surface area contributed by atoms with E-state index in [1.165, 1.54) is 4.88 Å². The molecular formula is C16H20BrNO2S. The third-order valence-electron chi connectivity index (χ3n) is 2.95. The van der Waals surface area contributed by atoms with E-state index in [0.717, 1.165) is 21.7 Å². The van der Waals surface area contributed by atoms with Crippen molar-refractivity contribution in [3.8, 4) is 11.5 Å². The average molecular weight is 370 g/mol. The molecule has 0 radical (unpaired) electrons. The number of halogens is 1. The summed E-state index contributed by atoms with van der Waals surface area (Å²) in [5.41, 5.74) is 0.958. The minimum absolute atomic E-state index is 0.206. The largest absolute Gasteiger partial charge is 0.494 e. The number of hydrogen-bond donors (Lipinski definition) is 1. The van der Waals surface area contributed by atoms with Gasteiger partial charge in [-0.1, -0.05) is 0 Å². The van der Waals surface area contributed by atoms with Crippen molar-refractivity contribution in [1.82, 2.24) is 0 Å². The lowest BCUT2D eigenvalue weighted by Gasteiger charge is -2.18. The van der Waals surface area contributed by atoms with Gasteiger partial charge < -0.3 is 14.8 Å². The van der Waals surface area contributed by atoms with Gasteiger partial charge in [0.25, 0.3) is 0 Å². The topological polar surface area (TPSA) is 30.5 Å². The van der Waals surface area contributed by atoms with Crippen LogP contribution in [0.4, 0.5) is 5.69 Å². The average Bonchev–Trinajstić information content (AvgIpc) is 2.89. The molecule has 1 unspecified atom stereocenters. The summed E-state index contributed by atoms with van der Waals surface area (Å²) in [4.78, 5) is 1.27. The van der Waals surface area contributed by atoms with Gasteiger partial charge in [0, 0.05) is 20.8 Å². The molecule has 1 N–H and O–H groups in total. The Labute approximate surface area is 138 Å². The highest BCUT2D eigenvalue weighted by Crippen LogP contribution is 2.34. The summed E-state index contributed by atoms with van der Waals surface area (Å²) in [6.45, 7) is 7.40. The van der Waals surface area contributed by atoms with Crippen molar-refractivity contribution in [2.45, 2.75) is 26.8 Å². The van der Waals surface area contributed by atoms with Crippen LogP contribution >= 0.6 is 27.3 Å². The molecule has 0 amide bonds. The Morgan fingerprint density at radius 2 is 1.95 bits per heavy atom. The lowest BCUT2D eigenvalue weighted by Crippen LogP contribution is -2.07. The molecule has 0 saturated heterocycles. The predicted octanol–water partition coefficient (Wildman–Crippen LogP) is 5.48. The van der Waals surface area contributed by atoms with E-state index in [-0.39, 0.29) is 6.04 Å². The molecule has 0 spiro atoms. The monoisotopic (exact) mass is 369 g/mol. The first-order valence-corrected chi connectivity index (χ1v) is 8.71. The first kappa shape index (κ1) is 16.2. The maximum absolute atomic E-state index is 5.69. The van der Waals surface area contributed by atoms with E-state index in [1.54, 1.807) is 11.3 Å². The first-order valence-electron chi connectivity index (χ1n) is 7.04. The van der Waals surface area contributed by atoms with Crippen molar-refractivity contribution in [1.29, 1.82) is 0 Å². The molecule has 0 aliphatic heterocycles. The van der Waals surface area contributed by atoms with Gasteiger partial charge in [-0.3, -0.25) is 0 Å². The predicted molar refractivity (Wildman–Crippen MR) is 92.8 cm³/mol. The summed E-state index contributed by atoms with van der Waals surface area (Å²) in [5.74, 6) is 1.70. The number of anilines is 1. The van der Waals surface area contributed by atoms with Crippen molar-refractivity contribution >= 4 is 33.0 Å². The van der Waals surface area contributed by atoms with Crippen molar-refractivity contribution in [2.24, 2.45) is 0 Å². The van der Waals surface area contributed by atoms with Crippen LogP contribution in [0.2, 0.25) is 0 Å². The van der Waals surface area contributed by atoms with Crippen molar-refractivity contribution < 1.29 is 9.47 Å². The van der Waals surface area contributed by atoms with Gasteiger partial charge in [-0.15, -0.1) is 11.3 Å². The van der Waals surface area contributed by atoms with Crippen molar-refractivity contribution in [2.75, 3.05) is 18.5 Å². The van der Waals surface area contributed by atoms with Gasteiger partial charge in [-0.2, -0.15) is 0 Å². The Morgan fingerprint density at radius 3 is 2.57 bits per heavy atom. The molecule has 2 aromatic rings. The van der Waals surface area contributed by atoms with Gasteiger partial charge >= 0.3 is 0 Å². The van der Waals surface area contributed by atoms with Crippen LogP contribution in [0.25, 0.3) is 0 Å². The Morgan fingerprint density at radius 1 is 1.19 bits per heavy atom. The number of ether oxygens (including phenoxy) is 2. The smallest absolute Gasteiger partial charge is 0.142 e. The Bertz CT molecular complexity index is 585. The lowest BCUT2D eigenvalue weighted by molar-refractivity contribution is 0.331. The minimum Gasteiger partial charge on any atom is -0.494 e. The zero-order chi connectivity index (χ0) is 15.2. The van der Waals surface area contributed by atoms with Gasteiger partial charge in [0.2, 0.25) is 0 Å². The third-order valence-corrected chi connectivity index (χ3v) is 4.82. The van der Waals surface area contributed by atoms with Crippen LogP contribution in [0.3, 0.4) is 0 Å². The van der Waals surface area contributed by atoms with Gasteiger partial charge in [-0.05, 0) is 54.9 Å². The maximum Gasteiger partial charge on any atom is 0.142 e. The Hall–Kier alpha value is -1.20. The summed E-state index contributed by atoms with van der Waals surface area (Å²) < 4.78 is 12.4. The Balaban J connectivity index is 2.21. The number of thiophene rings is 1. The quantitative estimate of drug-likeness (QED) is 0.700. The fourth-order valence-corrected chi connectivity index (χ4v) is 3.47. The highest BCUT2D eigenvalue weighted by molar-refractivity contribution is 9.10. The first-order chi connectivity index (χ1) is 10.1. The second-order valence-electron chi connectivity index (χ2n) is 4.56. The molecule has 0 bridgehead atoms. The van der Waals surface area contributed by atoms with E-state index in [0.29, 0.717) is 13.2 Å². The summed E-state index contributed by atoms with van der Waals surface area (Å²) in [7, 11) is 0. The van der Waals surface area contributed by atoms with Gasteiger partial charge in [-0.25, -0.2) is 0 Å². The zero-order valence-electron chi connectivity index (χ0n) is 12.5. The molecule has 1 heterocycles. The number of rotatable bonds is 7. The third kappa shape index (κ3) is 4.38. The molecule has 114 valence electrons. The molecule has 0 aliphatic rings. The summed E-state index contributed by atoms with van der Waals surface area (Å²) >= 11 is 5.22. The fourth-order valence-electron chi connectivity index (χ4n) is 2.02. The Kier molecular flexibility index (Phi) is 5.94. The van der Waals surface area contributed by atoms with Gasteiger partial charge in [0.15, 0.2) is 0 Å². The summed E-state index contributed by atoms with van der Waals surface area (Å²) in [6.07, 6.45) is 0. The van der Waals surface area contributed by atoms with Crippen LogP contribution < -0.4 is 14.8 Å². The molecule has 2 rings (SSSR count). The standard InChI is InChI=1S/C16H20BrNO2S/c1-4-19-13-6-7-15(20-5-2)14(9-13)18-11(3)16-8-12(17)10-21-16/h6-11,18H,4-5H2,1-3H3. The molecular weight excluding hydrogens is 350 g/mol. The summed E-state index contributed by atoms with van der Waals surface area (Å²) in [5, 5.41) is 5.60. The van der Waals surface area contributed by atoms with Crippen LogP contribution in [0.15, 0.2) is 34.1 Å². The van der Waals surface area contributed by atoms with Crippen LogP contribution in [0.5, 0.6) is 11.5 Å². The second kappa shape index (κ2) is 7.71. The van der Waals surface area contributed by atoms with E-state index >= 15 is 0 Å². The summed E-state index contributed by atoms with van der Waals surface area (Å²) in [6, 6.07) is 8.22. The molecule has 3 nitrogen and oxygen atoms in total. The molecule has 5 heteroatoms. The maximum atomic E-state index is 5.69. The number of hydrogen-bond acceptors (Lipinski definition) is 4. The molecule has 0 aliphatic carbocycles. The van der Waals surface area contributed by atoms with E-state index < -0.39 is 0 Å². The van der Waals surface area contributed by atoms with Crippen LogP contribution in [0.1, 0.15) is 31.7 Å². The number of benzene rings is 1. The highest BCUT2D eigenvalue weighted by atomic mass is 79.9. The zero-order valence-corrected chi connectivity index (χ0v) is 14.9. The van der Waals surface area contributed by atoms with E-state index in [9.17, 15) is 0 Å². The van der Waals surface area contributed by atoms with Gasteiger partial charge in [0.1, 0.15) is 11.5 Å². The van der Waals surface area contributed by atoms with Crippen molar-refractivity contribution in [3.63, 3.8) is 0 Å². The second-order valence-corrected chi connectivity index (χ2v) is 6.42. The minimum atomic E-state index is 0.206. The van der Waals surface area contributed by atoms with Gasteiger partial charge in [0.05, 0.1) is 24.9 Å². The van der Waals surface area contributed by atoms with E-state index in [2.05, 4.69) is 39.6 Å². The highest BCUT2D eigenvalue weighted by Gasteiger charge is 2.12. The fraction of sp³-hybridized carbons (Fsp3) is 0.375. The number of nitrogens with one attached hydrogen (secondary N) is 1. The SMILES string of the molecule is CCOc1ccc(OCC)c(NC(C)c2cc(Br)cs2)c1. The molecule has 0 saturated carbocycles. The molecule has 0 fully saturated rings. The van der Waals surface area contributed by atoms with Crippen LogP contribution in [0, 0.1) is 0 Å². The van der Waals surface area contributed by atoms with Crippen molar-refractivity contribution in [3.05, 3.63) is 39.0 Å². The van der Waals surface area contributed by atoms with E-state index in [1.807, 2.05) is 32.0 Å². The normalized spacial score (nSPS) is 12.0. The molecule has 1 aromatic carbocycles. The lowest BCUT2D eigenvalue weighted by atomic mass is 10.2. The molecule has 1 aromatic heterocycles.